The number of rotatable bonds is 6. The summed E-state index contributed by atoms with van der Waals surface area (Å²) in [6.45, 7) is 0. The van der Waals surface area contributed by atoms with Crippen molar-refractivity contribution in [1.29, 1.82) is 0 Å². The van der Waals surface area contributed by atoms with Gasteiger partial charge in [-0.25, -0.2) is 0 Å². The third-order valence-electron chi connectivity index (χ3n) is 13.3. The lowest BCUT2D eigenvalue weighted by atomic mass is 9.70. The third kappa shape index (κ3) is 5.47. The smallest absolute Gasteiger partial charge is 0.175 e. The zero-order valence-electron chi connectivity index (χ0n) is 34.8. The summed E-state index contributed by atoms with van der Waals surface area (Å²) in [4.78, 5) is 2.32. The van der Waals surface area contributed by atoms with E-state index >= 15 is 0 Å². The fourth-order valence-corrected chi connectivity index (χ4v) is 10.6. The van der Waals surface area contributed by atoms with Gasteiger partial charge in [0.25, 0.3) is 0 Å². The van der Waals surface area contributed by atoms with E-state index in [0.717, 1.165) is 50.6 Å². The minimum atomic E-state index is -0.558. The summed E-state index contributed by atoms with van der Waals surface area (Å²) in [6.07, 6.45) is 0. The van der Waals surface area contributed by atoms with E-state index < -0.39 is 5.41 Å². The lowest BCUT2D eigenvalue weighted by molar-refractivity contribution is 0.355. The Hall–Kier alpha value is -8.40. The Morgan fingerprint density at radius 2 is 0.719 bits per heavy atom. The molecule has 0 bridgehead atoms. The van der Waals surface area contributed by atoms with Gasteiger partial charge in [-0.2, -0.15) is 0 Å². The fourth-order valence-electron chi connectivity index (χ4n) is 10.6. The number of hydrogen-bond acceptors (Lipinski definition) is 3. The van der Waals surface area contributed by atoms with Crippen molar-refractivity contribution < 1.29 is 9.47 Å². The van der Waals surface area contributed by atoms with Crippen LogP contribution in [0.15, 0.2) is 237 Å². The molecule has 3 heteroatoms. The number of fused-ring (bicyclic) bond motifs is 13. The van der Waals surface area contributed by atoms with E-state index in [-0.39, 0.29) is 0 Å². The summed E-state index contributed by atoms with van der Waals surface area (Å²) in [5.74, 6) is 2.81. The van der Waals surface area contributed by atoms with Gasteiger partial charge in [0.2, 0.25) is 0 Å². The molecule has 300 valence electrons. The Bertz CT molecular complexity index is 3400. The van der Waals surface area contributed by atoms with Crippen LogP contribution < -0.4 is 14.4 Å². The topological polar surface area (TPSA) is 21.7 Å². The van der Waals surface area contributed by atoms with Crippen molar-refractivity contribution in [2.75, 3.05) is 4.90 Å². The molecule has 0 atom stereocenters. The molecule has 3 aliphatic rings. The molecule has 10 aromatic rings. The SMILES string of the molecule is c1ccc(-c2cccc(-c3cccc(N(c4cccc(-c5ccccc5)c4)c4ccc5c(c4)Oc4ccc6c(c4O5)C4(c5ccccc5-c5ccccc54)c4ccccc4-6)c3)c2)cc1. The minimum Gasteiger partial charge on any atom is -0.449 e. The normalized spacial score (nSPS) is 13.1. The first-order chi connectivity index (χ1) is 31.7. The van der Waals surface area contributed by atoms with E-state index in [0.29, 0.717) is 17.2 Å². The standard InChI is InChI=1S/C61H39NO2/c1-3-16-40(17-4-1)42-20-13-21-43(36-42)45-23-15-25-47(38-45)62(46-24-14-22-44(37-46)41-18-5-2-6-19-41)48-32-34-56-58(39-48)63-57-35-33-52-51-28-9-12-31-55(51)61(59(52)60(57)64-56)53-29-10-7-26-49(53)50-27-8-11-30-54(50)61/h1-39H. The summed E-state index contributed by atoms with van der Waals surface area (Å²) in [7, 11) is 0. The van der Waals surface area contributed by atoms with Crippen molar-refractivity contribution in [1.82, 2.24) is 0 Å². The Kier molecular flexibility index (Phi) is 8.13. The first kappa shape index (κ1) is 36.3. The number of benzene rings is 10. The zero-order chi connectivity index (χ0) is 42.2. The van der Waals surface area contributed by atoms with Crippen molar-refractivity contribution in [3.63, 3.8) is 0 Å². The van der Waals surface area contributed by atoms with Crippen LogP contribution in [0.3, 0.4) is 0 Å². The molecule has 3 nitrogen and oxygen atoms in total. The first-order valence-corrected chi connectivity index (χ1v) is 21.9. The van der Waals surface area contributed by atoms with Gasteiger partial charge in [-0.15, -0.1) is 0 Å². The van der Waals surface area contributed by atoms with Crippen molar-refractivity contribution in [2.24, 2.45) is 0 Å². The van der Waals surface area contributed by atoms with Gasteiger partial charge in [-0.3, -0.25) is 0 Å². The number of anilines is 3. The predicted octanol–water partition coefficient (Wildman–Crippen LogP) is 16.4. The molecule has 0 saturated heterocycles. The predicted molar refractivity (Wildman–Crippen MR) is 260 cm³/mol. The van der Waals surface area contributed by atoms with E-state index in [1.165, 1.54) is 50.1 Å². The highest BCUT2D eigenvalue weighted by molar-refractivity contribution is 5.97. The second-order valence-corrected chi connectivity index (χ2v) is 16.8. The van der Waals surface area contributed by atoms with Gasteiger partial charge in [-0.05, 0) is 121 Å². The van der Waals surface area contributed by atoms with Crippen LogP contribution in [-0.4, -0.2) is 0 Å². The molecular formula is C61H39NO2. The van der Waals surface area contributed by atoms with Crippen molar-refractivity contribution >= 4 is 17.1 Å². The largest absolute Gasteiger partial charge is 0.449 e. The molecule has 0 amide bonds. The summed E-state index contributed by atoms with van der Waals surface area (Å²) in [5, 5.41) is 0. The highest BCUT2D eigenvalue weighted by Crippen LogP contribution is 2.67. The van der Waals surface area contributed by atoms with Crippen molar-refractivity contribution in [3.8, 4) is 78.6 Å². The van der Waals surface area contributed by atoms with Crippen LogP contribution in [0.25, 0.3) is 55.6 Å². The molecule has 0 radical (unpaired) electrons. The average Bonchev–Trinajstić information content (AvgIpc) is 3.84. The van der Waals surface area contributed by atoms with Gasteiger partial charge in [0.05, 0.1) is 11.1 Å². The van der Waals surface area contributed by atoms with E-state index in [9.17, 15) is 0 Å². The maximum Gasteiger partial charge on any atom is 0.175 e. The molecule has 13 rings (SSSR count). The summed E-state index contributed by atoms with van der Waals surface area (Å²) in [6, 6.07) is 84.7. The van der Waals surface area contributed by atoms with Gasteiger partial charge in [0, 0.05) is 23.0 Å². The van der Waals surface area contributed by atoms with Crippen LogP contribution in [0.1, 0.15) is 22.3 Å². The van der Waals surface area contributed by atoms with Gasteiger partial charge in [0.15, 0.2) is 23.0 Å². The van der Waals surface area contributed by atoms with Crippen LogP contribution in [0, 0.1) is 0 Å². The van der Waals surface area contributed by atoms with Crippen LogP contribution in [0.2, 0.25) is 0 Å². The molecule has 0 N–H and O–H groups in total. The molecule has 10 aromatic carbocycles. The highest BCUT2D eigenvalue weighted by atomic mass is 16.6. The lowest BCUT2D eigenvalue weighted by Gasteiger charge is -2.33. The van der Waals surface area contributed by atoms with Crippen molar-refractivity contribution in [2.45, 2.75) is 5.41 Å². The van der Waals surface area contributed by atoms with E-state index in [1.54, 1.807) is 0 Å². The van der Waals surface area contributed by atoms with Gasteiger partial charge >= 0.3 is 0 Å². The Labute approximate surface area is 372 Å². The molecule has 1 spiro atoms. The van der Waals surface area contributed by atoms with Gasteiger partial charge in [0.1, 0.15) is 0 Å². The van der Waals surface area contributed by atoms with E-state index in [4.69, 9.17) is 9.47 Å². The first-order valence-electron chi connectivity index (χ1n) is 21.9. The molecule has 0 saturated carbocycles. The van der Waals surface area contributed by atoms with E-state index in [2.05, 4.69) is 241 Å². The monoisotopic (exact) mass is 817 g/mol. The molecule has 1 heterocycles. The molecule has 2 aliphatic carbocycles. The molecule has 64 heavy (non-hydrogen) atoms. The maximum absolute atomic E-state index is 7.17. The van der Waals surface area contributed by atoms with Crippen molar-refractivity contribution in [3.05, 3.63) is 259 Å². The number of ether oxygens (including phenoxy) is 2. The lowest BCUT2D eigenvalue weighted by Crippen LogP contribution is -2.26. The van der Waals surface area contributed by atoms with Crippen LogP contribution >= 0.6 is 0 Å². The summed E-state index contributed by atoms with van der Waals surface area (Å²) < 4.78 is 14.2. The minimum absolute atomic E-state index is 0.558. The highest BCUT2D eigenvalue weighted by Gasteiger charge is 2.54. The molecular weight excluding hydrogens is 779 g/mol. The summed E-state index contributed by atoms with van der Waals surface area (Å²) >= 11 is 0. The molecule has 1 aliphatic heterocycles. The quantitative estimate of drug-likeness (QED) is 0.167. The second-order valence-electron chi connectivity index (χ2n) is 16.8. The molecule has 0 unspecified atom stereocenters. The van der Waals surface area contributed by atoms with Gasteiger partial charge < -0.3 is 14.4 Å². The summed E-state index contributed by atoms with van der Waals surface area (Å²) in [5.41, 5.74) is 19.2. The average molecular weight is 818 g/mol. The Morgan fingerprint density at radius 1 is 0.281 bits per heavy atom. The van der Waals surface area contributed by atoms with Crippen LogP contribution in [0.5, 0.6) is 23.0 Å². The van der Waals surface area contributed by atoms with Crippen LogP contribution in [-0.2, 0) is 5.41 Å². The van der Waals surface area contributed by atoms with Crippen LogP contribution in [0.4, 0.5) is 17.1 Å². The fraction of sp³-hybridized carbons (Fsp3) is 0.0164. The molecule has 0 fully saturated rings. The molecule has 0 aromatic heterocycles. The van der Waals surface area contributed by atoms with E-state index in [1.807, 2.05) is 0 Å². The third-order valence-corrected chi connectivity index (χ3v) is 13.3. The second kappa shape index (κ2) is 14.3. The maximum atomic E-state index is 7.17. The number of hydrogen-bond donors (Lipinski definition) is 0. The van der Waals surface area contributed by atoms with Gasteiger partial charge in [-0.1, -0.05) is 182 Å². The number of nitrogens with zero attached hydrogens (tertiary/aromatic N) is 1. The Morgan fingerprint density at radius 3 is 1.31 bits per heavy atom. The zero-order valence-corrected chi connectivity index (χ0v) is 34.8. The Balaban J connectivity index is 0.943.